The number of rotatable bonds is 5. The van der Waals surface area contributed by atoms with Crippen LogP contribution in [0.3, 0.4) is 0 Å². The second kappa shape index (κ2) is 11.4. The van der Waals surface area contributed by atoms with E-state index in [1.807, 2.05) is 0 Å². The maximum atomic E-state index is 9.83. The fraction of sp³-hybridized carbons (Fsp3) is 1.00. The van der Waals surface area contributed by atoms with E-state index >= 15 is 0 Å². The van der Waals surface area contributed by atoms with Crippen LogP contribution in [0.5, 0.6) is 0 Å². The van der Waals surface area contributed by atoms with E-state index < -0.39 is 7.82 Å². The van der Waals surface area contributed by atoms with Crippen LogP contribution < -0.4 is 68.9 Å². The zero-order valence-corrected chi connectivity index (χ0v) is 13.3. The average molecular weight is 225 g/mol. The van der Waals surface area contributed by atoms with Crippen LogP contribution in [0.15, 0.2) is 0 Å². The van der Waals surface area contributed by atoms with Crippen molar-refractivity contribution in [2.75, 3.05) is 6.61 Å². The zero-order valence-electron chi connectivity index (χ0n) is 7.41. The quantitative estimate of drug-likeness (QED) is 0.265. The molecule has 3 radical (unpaired) electrons. The molecule has 0 amide bonds. The van der Waals surface area contributed by atoms with Gasteiger partial charge in [-0.15, -0.1) is 0 Å². The molecule has 0 N–H and O–H groups in total. The van der Waals surface area contributed by atoms with Gasteiger partial charge in [-0.2, -0.15) is 0 Å². The van der Waals surface area contributed by atoms with E-state index in [4.69, 9.17) is 0 Å². The molecule has 0 aromatic heterocycles. The van der Waals surface area contributed by atoms with Gasteiger partial charge in [0.05, 0.1) is 14.4 Å². The van der Waals surface area contributed by atoms with Gasteiger partial charge in [-0.1, -0.05) is 12.5 Å². The smallest absolute Gasteiger partial charge is 0.790 e. The molecule has 0 aromatic carbocycles. The van der Waals surface area contributed by atoms with Gasteiger partial charge in [0.2, 0.25) is 0 Å². The molecule has 0 saturated heterocycles. The van der Waals surface area contributed by atoms with E-state index in [9.17, 15) is 14.4 Å². The van der Waals surface area contributed by atoms with Crippen LogP contribution in [-0.4, -0.2) is 16.8 Å². The summed E-state index contributed by atoms with van der Waals surface area (Å²) in [5.74, 6) is 0. The number of phosphoric acid groups is 1. The van der Waals surface area contributed by atoms with Gasteiger partial charge in [0.25, 0.3) is 0 Å². The van der Waals surface area contributed by atoms with Crippen molar-refractivity contribution < 1.29 is 78.0 Å². The fourth-order valence-electron chi connectivity index (χ4n) is 0.403. The van der Waals surface area contributed by atoms with Gasteiger partial charge in [0.1, 0.15) is 0 Å². The molecule has 4 nitrogen and oxygen atoms in total. The van der Waals surface area contributed by atoms with Crippen LogP contribution in [0.25, 0.3) is 0 Å². The van der Waals surface area contributed by atoms with Gasteiger partial charge in [0.15, 0.2) is 0 Å². The summed E-state index contributed by atoms with van der Waals surface area (Å²) < 4.78 is 13.8. The first kappa shape index (κ1) is 19.8. The van der Waals surface area contributed by atoms with Crippen molar-refractivity contribution in [2.24, 2.45) is 0 Å². The van der Waals surface area contributed by atoms with E-state index in [-0.39, 0.29) is 65.7 Å². The average Bonchev–Trinajstić information content (AvgIpc) is 1.78. The largest absolute Gasteiger partial charge is 1.00 e. The summed E-state index contributed by atoms with van der Waals surface area (Å²) in [5, 5.41) is 0. The Bertz CT molecular complexity index is 130. The summed E-state index contributed by atoms with van der Waals surface area (Å²) in [5.41, 5.74) is 0. The van der Waals surface area contributed by atoms with E-state index in [2.05, 4.69) is 14.8 Å². The summed E-state index contributed by atoms with van der Waals surface area (Å²) in [6.45, 7) is -0.00520. The van der Waals surface area contributed by atoms with Crippen LogP contribution in [0, 0.1) is 0 Å². The van der Waals surface area contributed by atoms with Crippen molar-refractivity contribution in [1.29, 1.82) is 0 Å². The molecule has 0 aromatic rings. The molecule has 12 heavy (non-hydrogen) atoms. The number of hydrogen-bond acceptors (Lipinski definition) is 4. The van der Waals surface area contributed by atoms with Crippen molar-refractivity contribution in [3.05, 3.63) is 0 Å². The molecule has 0 saturated carbocycles. The van der Waals surface area contributed by atoms with E-state index in [0.717, 1.165) is 12.5 Å². The first-order valence-electron chi connectivity index (χ1n) is 2.87. The molecule has 0 spiro atoms. The molecular formula is C4H8Na2O4PSi. The molecule has 0 aliphatic carbocycles. The Morgan fingerprint density at radius 3 is 2.08 bits per heavy atom. The topological polar surface area (TPSA) is 72.4 Å². The van der Waals surface area contributed by atoms with Crippen molar-refractivity contribution in [2.45, 2.75) is 18.9 Å². The maximum Gasteiger partial charge on any atom is 1.00 e. The first-order valence-corrected chi connectivity index (χ1v) is 5.04. The van der Waals surface area contributed by atoms with Crippen molar-refractivity contribution in [3.8, 4) is 0 Å². The first-order chi connectivity index (χ1) is 4.56. The molecule has 0 atom stereocenters. The monoisotopic (exact) mass is 225 g/mol. The molecule has 0 aliphatic heterocycles. The molecule has 0 bridgehead atoms. The summed E-state index contributed by atoms with van der Waals surface area (Å²) in [6.07, 6.45) is 1.38. The van der Waals surface area contributed by atoms with Crippen LogP contribution in [-0.2, 0) is 9.09 Å². The third-order valence-electron chi connectivity index (χ3n) is 0.821. The summed E-state index contributed by atoms with van der Waals surface area (Å²) in [4.78, 5) is 19.7. The Labute approximate surface area is 120 Å². The Morgan fingerprint density at radius 1 is 1.25 bits per heavy atom. The SMILES string of the molecule is O=P([O-])([O-])OCCCC[Si].[Na+].[Na+]. The molecule has 59 valence electrons. The molecule has 0 fully saturated rings. The van der Waals surface area contributed by atoms with Gasteiger partial charge in [0, 0.05) is 10.2 Å². The third kappa shape index (κ3) is 18.2. The van der Waals surface area contributed by atoms with Crippen molar-refractivity contribution >= 4 is 18.1 Å². The minimum atomic E-state index is -4.72. The second-order valence-electron chi connectivity index (χ2n) is 1.74. The van der Waals surface area contributed by atoms with Crippen molar-refractivity contribution in [3.63, 3.8) is 0 Å². The van der Waals surface area contributed by atoms with Crippen LogP contribution in [0.4, 0.5) is 0 Å². The predicted molar refractivity (Wildman–Crippen MR) is 33.4 cm³/mol. The normalized spacial score (nSPS) is 9.92. The van der Waals surface area contributed by atoms with E-state index in [1.165, 1.54) is 0 Å². The van der Waals surface area contributed by atoms with E-state index in [0.29, 0.717) is 6.42 Å². The van der Waals surface area contributed by atoms with Crippen molar-refractivity contribution in [1.82, 2.24) is 0 Å². The number of hydrogen-bond donors (Lipinski definition) is 0. The second-order valence-corrected chi connectivity index (χ2v) is 3.39. The zero-order chi connectivity index (χ0) is 8.04. The summed E-state index contributed by atoms with van der Waals surface area (Å²) in [7, 11) is -1.53. The minimum absolute atomic E-state index is 0. The van der Waals surface area contributed by atoms with Gasteiger partial charge >= 0.3 is 59.1 Å². The fourth-order valence-corrected chi connectivity index (χ4v) is 1.01. The van der Waals surface area contributed by atoms with Gasteiger partial charge in [-0.05, 0) is 6.42 Å². The minimum Gasteiger partial charge on any atom is -0.790 e. The van der Waals surface area contributed by atoms with Gasteiger partial charge < -0.3 is 18.9 Å². The molecule has 0 aliphatic rings. The van der Waals surface area contributed by atoms with E-state index in [1.54, 1.807) is 0 Å². The Hall–Kier alpha value is 2.33. The predicted octanol–water partition coefficient (Wildman–Crippen LogP) is -6.79. The number of phosphoric ester groups is 1. The molecule has 0 heterocycles. The third-order valence-corrected chi connectivity index (χ3v) is 1.67. The van der Waals surface area contributed by atoms with Gasteiger partial charge in [-0.25, -0.2) is 0 Å². The summed E-state index contributed by atoms with van der Waals surface area (Å²) >= 11 is 0. The summed E-state index contributed by atoms with van der Waals surface area (Å²) in [6, 6.07) is 0.783. The van der Waals surface area contributed by atoms with Crippen LogP contribution in [0.2, 0.25) is 6.04 Å². The molecule has 8 heteroatoms. The Morgan fingerprint density at radius 2 is 1.75 bits per heavy atom. The Kier molecular flexibility index (Phi) is 18.8. The maximum absolute atomic E-state index is 9.83. The number of unbranched alkanes of at least 4 members (excludes halogenated alkanes) is 1. The standard InChI is InChI=1S/C4H10O4PSi.2Na/c5-9(6,7)8-3-1-2-4-10;;/h1-4H2,(H2,5,6,7);;/q;2*+1/p-2. The van der Waals surface area contributed by atoms with Gasteiger partial charge in [-0.3, -0.25) is 0 Å². The van der Waals surface area contributed by atoms with Crippen LogP contribution >= 0.6 is 7.82 Å². The molecule has 0 unspecified atom stereocenters. The Balaban J connectivity index is -0.000000405. The molecular weight excluding hydrogens is 217 g/mol. The van der Waals surface area contributed by atoms with Crippen LogP contribution in [0.1, 0.15) is 12.8 Å². The molecule has 0 rings (SSSR count).